The fraction of sp³-hybridized carbons (Fsp3) is 0.103. The van der Waals surface area contributed by atoms with Crippen molar-refractivity contribution in [3.8, 4) is 5.75 Å². The molecule has 1 heterocycles. The molecular formula is C29H25ClN8O12S3. The first-order valence-electron chi connectivity index (χ1n) is 14.5. The molecule has 0 spiro atoms. The van der Waals surface area contributed by atoms with Gasteiger partial charge in [0.1, 0.15) is 21.2 Å². The number of aromatic hydroxyl groups is 1. The number of aryl methyl sites for hydroxylation is 1. The van der Waals surface area contributed by atoms with Gasteiger partial charge in [0.25, 0.3) is 30.4 Å². The van der Waals surface area contributed by atoms with Crippen LogP contribution >= 0.6 is 11.6 Å². The van der Waals surface area contributed by atoms with Crippen molar-refractivity contribution in [2.24, 2.45) is 10.2 Å². The predicted molar refractivity (Wildman–Crippen MR) is 189 cm³/mol. The lowest BCUT2D eigenvalue weighted by atomic mass is 10.0. The highest BCUT2D eigenvalue weighted by Crippen LogP contribution is 2.44. The second-order valence-electron chi connectivity index (χ2n) is 10.8. The lowest BCUT2D eigenvalue weighted by Crippen LogP contribution is -2.11. The Balaban J connectivity index is 1.57. The first-order chi connectivity index (χ1) is 24.7. The Labute approximate surface area is 304 Å². The number of carbonyl (C=O) groups is 1. The standard InChI is InChI=1S/C29H25ClN8O12S3/c1-14-10-15-11-17(51(42,43)44)13-20(24(15)26(41)25(14)38-37-18-4-2-3-5-21(18)52(45,46)47)33-29-35-27(30)34-28(36-29)32-16-6-7-22(53(48,49)50)19(12-16)31-9-8-23(39)40/h2-7,10-13,31,41H,8-9H2,1H3,(H,39,40)(H,42,43,44)(H,45,46,47)(H,48,49,50)(H2,32,33,34,35,36). The van der Waals surface area contributed by atoms with Gasteiger partial charge in [-0.3, -0.25) is 18.5 Å². The Morgan fingerprint density at radius 3 is 2.09 bits per heavy atom. The molecule has 0 unspecified atom stereocenters. The molecule has 5 rings (SSSR count). The molecule has 20 nitrogen and oxygen atoms in total. The number of nitrogens with zero attached hydrogens (tertiary/aromatic N) is 5. The van der Waals surface area contributed by atoms with Crippen LogP contribution in [-0.2, 0) is 35.1 Å². The van der Waals surface area contributed by atoms with Crippen molar-refractivity contribution in [1.82, 2.24) is 15.0 Å². The Morgan fingerprint density at radius 2 is 1.45 bits per heavy atom. The average Bonchev–Trinajstić information content (AvgIpc) is 3.02. The minimum atomic E-state index is -4.83. The van der Waals surface area contributed by atoms with Crippen LogP contribution < -0.4 is 16.0 Å². The molecular weight excluding hydrogens is 784 g/mol. The molecule has 24 heteroatoms. The van der Waals surface area contributed by atoms with Crippen LogP contribution in [0.4, 0.5) is 40.3 Å². The summed E-state index contributed by atoms with van der Waals surface area (Å²) in [5.74, 6) is -2.36. The van der Waals surface area contributed by atoms with Crippen molar-refractivity contribution in [1.29, 1.82) is 0 Å². The zero-order valence-corrected chi connectivity index (χ0v) is 29.8. The lowest BCUT2D eigenvalue weighted by Gasteiger charge is -2.15. The molecule has 0 aliphatic carbocycles. The summed E-state index contributed by atoms with van der Waals surface area (Å²) >= 11 is 6.14. The number of phenolic OH excluding ortho intramolecular Hbond substituents is 1. The Bertz CT molecular complexity index is 2660. The van der Waals surface area contributed by atoms with E-state index in [-0.39, 0.29) is 69.6 Å². The summed E-state index contributed by atoms with van der Waals surface area (Å²) in [6.07, 6.45) is -0.379. The molecule has 0 fully saturated rings. The highest BCUT2D eigenvalue weighted by Gasteiger charge is 2.22. The topological polar surface area (TPSA) is 320 Å². The molecule has 0 aliphatic heterocycles. The summed E-state index contributed by atoms with van der Waals surface area (Å²) in [5.41, 5.74) is -0.468. The smallest absolute Gasteiger partial charge is 0.305 e. The van der Waals surface area contributed by atoms with E-state index in [0.717, 1.165) is 24.3 Å². The van der Waals surface area contributed by atoms with Gasteiger partial charge in [0.2, 0.25) is 17.2 Å². The number of hydrogen-bond donors (Lipinski definition) is 8. The normalized spacial score (nSPS) is 12.2. The SMILES string of the molecule is Cc1cc2cc(S(=O)(=O)O)cc(Nc3nc(Cl)nc(Nc4ccc(S(=O)(=O)O)c(NCCC(=O)O)c4)n3)c2c(O)c1N=Nc1ccccc1S(=O)(=O)O. The van der Waals surface area contributed by atoms with E-state index >= 15 is 0 Å². The number of aromatic nitrogens is 3. The van der Waals surface area contributed by atoms with Gasteiger partial charge in [-0.05, 0) is 78.0 Å². The van der Waals surface area contributed by atoms with E-state index in [4.69, 9.17) is 16.7 Å². The fourth-order valence-electron chi connectivity index (χ4n) is 4.84. The lowest BCUT2D eigenvalue weighted by molar-refractivity contribution is -0.136. The van der Waals surface area contributed by atoms with E-state index in [1.165, 1.54) is 43.3 Å². The van der Waals surface area contributed by atoms with Gasteiger partial charge in [0.15, 0.2) is 5.75 Å². The van der Waals surface area contributed by atoms with Gasteiger partial charge >= 0.3 is 5.97 Å². The molecule has 0 bridgehead atoms. The van der Waals surface area contributed by atoms with Gasteiger partial charge in [0, 0.05) is 17.6 Å². The number of rotatable bonds is 13. The largest absolute Gasteiger partial charge is 0.505 e. The number of azo groups is 1. The second kappa shape index (κ2) is 14.8. The molecule has 4 aromatic carbocycles. The molecule has 0 saturated heterocycles. The summed E-state index contributed by atoms with van der Waals surface area (Å²) in [6.45, 7) is 1.28. The number of fused-ring (bicyclic) bond motifs is 1. The first-order valence-corrected chi connectivity index (χ1v) is 19.2. The highest BCUT2D eigenvalue weighted by atomic mass is 35.5. The number of benzene rings is 4. The summed E-state index contributed by atoms with van der Waals surface area (Å²) in [4.78, 5) is 21.3. The van der Waals surface area contributed by atoms with Crippen LogP contribution in [0.25, 0.3) is 10.8 Å². The van der Waals surface area contributed by atoms with Crippen LogP contribution in [0.2, 0.25) is 5.28 Å². The summed E-state index contributed by atoms with van der Waals surface area (Å²) in [5, 5.41) is 35.9. The molecule has 0 aliphatic rings. The number of carboxylic acid groups (broad SMARTS) is 1. The zero-order valence-electron chi connectivity index (χ0n) is 26.6. The third-order valence-corrected chi connectivity index (χ3v) is 9.88. The quantitative estimate of drug-likeness (QED) is 0.0558. The molecule has 1 aromatic heterocycles. The van der Waals surface area contributed by atoms with E-state index in [2.05, 4.69) is 41.1 Å². The molecule has 8 N–H and O–H groups in total. The number of aliphatic carboxylic acids is 1. The highest BCUT2D eigenvalue weighted by molar-refractivity contribution is 7.86. The van der Waals surface area contributed by atoms with E-state index in [9.17, 15) is 48.8 Å². The van der Waals surface area contributed by atoms with Gasteiger partial charge in [0.05, 0.1) is 22.7 Å². The Hall–Kier alpha value is -5.56. The number of halogens is 1. The number of hydrogen-bond acceptors (Lipinski definition) is 16. The maximum Gasteiger partial charge on any atom is 0.305 e. The minimum absolute atomic E-state index is 0.0651. The third-order valence-electron chi connectivity index (χ3n) is 7.07. The van der Waals surface area contributed by atoms with Crippen LogP contribution in [-0.4, -0.2) is 76.6 Å². The fourth-order valence-corrected chi connectivity index (χ4v) is 6.82. The molecule has 0 saturated carbocycles. The molecule has 53 heavy (non-hydrogen) atoms. The number of anilines is 5. The number of carboxylic acids is 1. The molecule has 278 valence electrons. The van der Waals surface area contributed by atoms with Gasteiger partial charge in [-0.1, -0.05) is 12.1 Å². The summed E-state index contributed by atoms with van der Waals surface area (Å²) in [7, 11) is -14.3. The zero-order chi connectivity index (χ0) is 38.9. The first kappa shape index (κ1) is 38.7. The van der Waals surface area contributed by atoms with Gasteiger partial charge in [-0.2, -0.15) is 40.2 Å². The molecule has 0 atom stereocenters. The van der Waals surface area contributed by atoms with Crippen molar-refractivity contribution in [3.63, 3.8) is 0 Å². The van der Waals surface area contributed by atoms with Gasteiger partial charge < -0.3 is 26.2 Å². The Kier molecular flexibility index (Phi) is 10.8. The molecule has 0 amide bonds. The monoisotopic (exact) mass is 808 g/mol. The van der Waals surface area contributed by atoms with Crippen LogP contribution in [0.15, 0.2) is 85.6 Å². The maximum atomic E-state index is 12.2. The van der Waals surface area contributed by atoms with Crippen molar-refractivity contribution in [2.75, 3.05) is 22.5 Å². The second-order valence-corrected chi connectivity index (χ2v) is 15.4. The molecule has 5 aromatic rings. The van der Waals surface area contributed by atoms with E-state index in [1.807, 2.05) is 0 Å². The van der Waals surface area contributed by atoms with Crippen LogP contribution in [0.5, 0.6) is 5.75 Å². The van der Waals surface area contributed by atoms with E-state index in [1.54, 1.807) is 0 Å². The summed E-state index contributed by atoms with van der Waals surface area (Å²) in [6, 6.07) is 12.0. The predicted octanol–water partition coefficient (Wildman–Crippen LogP) is 5.22. The van der Waals surface area contributed by atoms with Crippen LogP contribution in [0.3, 0.4) is 0 Å². The number of phenols is 1. The van der Waals surface area contributed by atoms with Gasteiger partial charge in [-0.25, -0.2) is 0 Å². The minimum Gasteiger partial charge on any atom is -0.505 e. The van der Waals surface area contributed by atoms with Crippen LogP contribution in [0.1, 0.15) is 12.0 Å². The summed E-state index contributed by atoms with van der Waals surface area (Å²) < 4.78 is 101. The van der Waals surface area contributed by atoms with E-state index < -0.39 is 62.0 Å². The number of nitrogens with one attached hydrogen (secondary N) is 3. The van der Waals surface area contributed by atoms with Gasteiger partial charge in [-0.15, -0.1) is 10.2 Å². The maximum absolute atomic E-state index is 12.2. The average molecular weight is 809 g/mol. The van der Waals surface area contributed by atoms with Crippen molar-refractivity contribution >= 4 is 99.0 Å². The van der Waals surface area contributed by atoms with Crippen LogP contribution in [0, 0.1) is 6.92 Å². The Morgan fingerprint density at radius 1 is 0.792 bits per heavy atom. The van der Waals surface area contributed by atoms with E-state index in [0.29, 0.717) is 0 Å². The third kappa shape index (κ3) is 9.28. The van der Waals surface area contributed by atoms with Crippen molar-refractivity contribution in [2.45, 2.75) is 28.0 Å². The van der Waals surface area contributed by atoms with Crippen molar-refractivity contribution in [3.05, 3.63) is 71.5 Å². The molecule has 0 radical (unpaired) electrons. The van der Waals surface area contributed by atoms with Crippen molar-refractivity contribution < 1.29 is 53.9 Å².